The highest BCUT2D eigenvalue weighted by atomic mass is 16.6. The van der Waals surface area contributed by atoms with E-state index in [1.807, 2.05) is 18.2 Å². The maximum absolute atomic E-state index is 10.9. The molecule has 5 atom stereocenters. The first-order valence-corrected chi connectivity index (χ1v) is 9.31. The first-order chi connectivity index (χ1) is 13.6. The molecule has 146 valence electrons. The van der Waals surface area contributed by atoms with E-state index in [2.05, 4.69) is 9.97 Å². The molecule has 0 radical (unpaired) electrons. The Morgan fingerprint density at radius 1 is 1.14 bits per heavy atom. The molecule has 0 saturated carbocycles. The Morgan fingerprint density at radius 2 is 2.00 bits per heavy atom. The van der Waals surface area contributed by atoms with Gasteiger partial charge in [0, 0.05) is 11.6 Å². The molecule has 8 nitrogen and oxygen atoms in total. The number of hydrogen-bond donors (Lipinski definition) is 4. The molecule has 1 saturated heterocycles. The smallest absolute Gasteiger partial charge is 0.164 e. The summed E-state index contributed by atoms with van der Waals surface area (Å²) in [6, 6.07) is 7.49. The quantitative estimate of drug-likeness (QED) is 0.514. The maximum Gasteiger partial charge on any atom is 0.164 e. The van der Waals surface area contributed by atoms with Crippen LogP contribution < -0.4 is 0 Å². The third-order valence-electron chi connectivity index (χ3n) is 5.87. The Bertz CT molecular complexity index is 1040. The van der Waals surface area contributed by atoms with Gasteiger partial charge in [-0.15, -0.1) is 0 Å². The van der Waals surface area contributed by atoms with Gasteiger partial charge in [0.05, 0.1) is 12.3 Å². The second-order valence-electron chi connectivity index (χ2n) is 7.34. The summed E-state index contributed by atoms with van der Waals surface area (Å²) < 4.78 is 7.53. The van der Waals surface area contributed by atoms with Crippen molar-refractivity contribution in [3.8, 4) is 0 Å². The first-order valence-electron chi connectivity index (χ1n) is 9.31. The molecule has 1 aliphatic heterocycles. The fourth-order valence-corrected chi connectivity index (χ4v) is 4.26. The Hall–Kier alpha value is -2.36. The summed E-state index contributed by atoms with van der Waals surface area (Å²) in [5.74, 6) is 0. The maximum atomic E-state index is 10.9. The van der Waals surface area contributed by atoms with Crippen molar-refractivity contribution in [2.24, 2.45) is 0 Å². The molecular formula is C20H21N3O5. The summed E-state index contributed by atoms with van der Waals surface area (Å²) in [5.41, 5.74) is 3.98. The van der Waals surface area contributed by atoms with E-state index in [9.17, 15) is 20.4 Å². The zero-order chi connectivity index (χ0) is 19.4. The lowest BCUT2D eigenvalue weighted by molar-refractivity contribution is -0.0851. The van der Waals surface area contributed by atoms with E-state index >= 15 is 0 Å². The van der Waals surface area contributed by atoms with E-state index < -0.39 is 30.6 Å². The summed E-state index contributed by atoms with van der Waals surface area (Å²) in [6.07, 6.45) is -0.551. The van der Waals surface area contributed by atoms with E-state index in [1.165, 1.54) is 11.9 Å². The molecule has 1 aliphatic carbocycles. The topological polar surface area (TPSA) is 121 Å². The lowest BCUT2D eigenvalue weighted by Gasteiger charge is -2.28. The van der Waals surface area contributed by atoms with Gasteiger partial charge >= 0.3 is 0 Å². The summed E-state index contributed by atoms with van der Waals surface area (Å²) in [6.45, 7) is -0.236. The molecule has 5 rings (SSSR count). The van der Waals surface area contributed by atoms with Crippen molar-refractivity contribution in [2.75, 3.05) is 0 Å². The number of aliphatic hydroxyl groups is 4. The number of aryl methyl sites for hydroxylation is 1. The first kappa shape index (κ1) is 17.7. The molecule has 4 N–H and O–H groups in total. The lowest BCUT2D eigenvalue weighted by atomic mass is 9.82. The molecule has 0 spiro atoms. The molecule has 1 fully saturated rings. The van der Waals surface area contributed by atoms with Crippen LogP contribution >= 0.6 is 0 Å². The Kier molecular flexibility index (Phi) is 4.18. The Balaban J connectivity index is 1.48. The molecule has 8 heteroatoms. The van der Waals surface area contributed by atoms with Crippen LogP contribution in [0.2, 0.25) is 0 Å². The molecule has 3 heterocycles. The number of benzene rings is 1. The SMILES string of the molecule is OCc1ncnc2c1ccn2[C@@H]1O[C@H](C(O)c2cccc3c2CC3)[C@@H](O)[C@H]1O. The van der Waals surface area contributed by atoms with Crippen molar-refractivity contribution >= 4 is 11.0 Å². The summed E-state index contributed by atoms with van der Waals surface area (Å²) in [4.78, 5) is 8.26. The highest BCUT2D eigenvalue weighted by Crippen LogP contribution is 2.40. The second kappa shape index (κ2) is 6.61. The number of aromatic nitrogens is 3. The van der Waals surface area contributed by atoms with E-state index in [4.69, 9.17) is 4.74 Å². The Labute approximate surface area is 160 Å². The van der Waals surface area contributed by atoms with E-state index in [-0.39, 0.29) is 6.61 Å². The number of fused-ring (bicyclic) bond motifs is 2. The van der Waals surface area contributed by atoms with Gasteiger partial charge in [0.1, 0.15) is 36.4 Å². The van der Waals surface area contributed by atoms with Crippen LogP contribution in [0.3, 0.4) is 0 Å². The summed E-state index contributed by atoms with van der Waals surface area (Å²) in [7, 11) is 0. The van der Waals surface area contributed by atoms with Gasteiger partial charge < -0.3 is 29.7 Å². The van der Waals surface area contributed by atoms with Crippen LogP contribution in [0.4, 0.5) is 0 Å². The fourth-order valence-electron chi connectivity index (χ4n) is 4.26. The molecule has 28 heavy (non-hydrogen) atoms. The predicted molar refractivity (Wildman–Crippen MR) is 98.2 cm³/mol. The van der Waals surface area contributed by atoms with Gasteiger partial charge in [-0.05, 0) is 35.6 Å². The number of nitrogens with zero attached hydrogens (tertiary/aromatic N) is 3. The third kappa shape index (κ3) is 2.50. The highest BCUT2D eigenvalue weighted by molar-refractivity contribution is 5.78. The van der Waals surface area contributed by atoms with Crippen LogP contribution in [-0.4, -0.2) is 53.3 Å². The van der Waals surface area contributed by atoms with E-state index in [0.29, 0.717) is 16.7 Å². The Morgan fingerprint density at radius 3 is 2.75 bits per heavy atom. The molecule has 0 bridgehead atoms. The van der Waals surface area contributed by atoms with Crippen molar-refractivity contribution in [3.63, 3.8) is 0 Å². The van der Waals surface area contributed by atoms with Crippen LogP contribution in [-0.2, 0) is 24.2 Å². The normalized spacial score (nSPS) is 27.6. The van der Waals surface area contributed by atoms with Gasteiger partial charge in [-0.2, -0.15) is 0 Å². The van der Waals surface area contributed by atoms with Crippen molar-refractivity contribution in [1.82, 2.24) is 14.5 Å². The molecule has 2 aliphatic rings. The molecular weight excluding hydrogens is 362 g/mol. The average molecular weight is 383 g/mol. The second-order valence-corrected chi connectivity index (χ2v) is 7.34. The lowest BCUT2D eigenvalue weighted by Crippen LogP contribution is -2.35. The van der Waals surface area contributed by atoms with Gasteiger partial charge in [-0.25, -0.2) is 9.97 Å². The number of hydrogen-bond acceptors (Lipinski definition) is 7. The van der Waals surface area contributed by atoms with E-state index in [0.717, 1.165) is 24.0 Å². The van der Waals surface area contributed by atoms with Gasteiger partial charge in [0.25, 0.3) is 0 Å². The van der Waals surface area contributed by atoms with Gasteiger partial charge in [-0.3, -0.25) is 0 Å². The van der Waals surface area contributed by atoms with Crippen molar-refractivity contribution < 1.29 is 25.2 Å². The molecule has 1 unspecified atom stereocenters. The zero-order valence-electron chi connectivity index (χ0n) is 15.0. The number of rotatable bonds is 4. The fraction of sp³-hybridized carbons (Fsp3) is 0.400. The van der Waals surface area contributed by atoms with Crippen LogP contribution in [0.5, 0.6) is 0 Å². The van der Waals surface area contributed by atoms with Crippen molar-refractivity contribution in [2.45, 2.75) is 50.1 Å². The van der Waals surface area contributed by atoms with Crippen molar-refractivity contribution in [1.29, 1.82) is 0 Å². The standard InChI is InChI=1S/C20H21N3O5/c24-8-14-13-6-7-23(19(13)22-9-21-14)20-17(27)16(26)18(28-20)15(25)12-3-1-2-10-4-5-11(10)12/h1-3,6-7,9,15-18,20,24-27H,4-5,8H2/t15?,16-,17+,18+,20+/m0/s1. The molecule has 1 aromatic carbocycles. The summed E-state index contributed by atoms with van der Waals surface area (Å²) >= 11 is 0. The third-order valence-corrected chi connectivity index (χ3v) is 5.87. The minimum absolute atomic E-state index is 0.236. The van der Waals surface area contributed by atoms with Gasteiger partial charge in [0.15, 0.2) is 6.23 Å². The van der Waals surface area contributed by atoms with Crippen molar-refractivity contribution in [3.05, 3.63) is 59.2 Å². The number of ether oxygens (including phenoxy) is 1. The molecule has 3 aromatic rings. The number of aliphatic hydroxyl groups excluding tert-OH is 4. The van der Waals surface area contributed by atoms with Crippen LogP contribution in [0.25, 0.3) is 11.0 Å². The minimum Gasteiger partial charge on any atom is -0.390 e. The van der Waals surface area contributed by atoms with Gasteiger partial charge in [-0.1, -0.05) is 18.2 Å². The largest absolute Gasteiger partial charge is 0.390 e. The predicted octanol–water partition coefficient (Wildman–Crippen LogP) is 0.375. The van der Waals surface area contributed by atoms with E-state index in [1.54, 1.807) is 16.8 Å². The molecule has 2 aromatic heterocycles. The highest BCUT2D eigenvalue weighted by Gasteiger charge is 2.48. The average Bonchev–Trinajstić information content (AvgIpc) is 3.23. The van der Waals surface area contributed by atoms with Crippen LogP contribution in [0.1, 0.15) is 34.7 Å². The van der Waals surface area contributed by atoms with Crippen LogP contribution in [0.15, 0.2) is 36.8 Å². The minimum atomic E-state index is -1.26. The van der Waals surface area contributed by atoms with Crippen LogP contribution in [0, 0.1) is 0 Å². The molecule has 0 amide bonds. The van der Waals surface area contributed by atoms with Gasteiger partial charge in [0.2, 0.25) is 0 Å². The summed E-state index contributed by atoms with van der Waals surface area (Å²) in [5, 5.41) is 42.2. The monoisotopic (exact) mass is 383 g/mol. The zero-order valence-corrected chi connectivity index (χ0v) is 15.0.